The van der Waals surface area contributed by atoms with Crippen LogP contribution in [0.25, 0.3) is 0 Å². The van der Waals surface area contributed by atoms with Gasteiger partial charge in [0.25, 0.3) is 0 Å². The zero-order valence-electron chi connectivity index (χ0n) is 9.95. The van der Waals surface area contributed by atoms with Crippen molar-refractivity contribution in [2.24, 2.45) is 5.92 Å². The van der Waals surface area contributed by atoms with Gasteiger partial charge < -0.3 is 9.80 Å². The summed E-state index contributed by atoms with van der Waals surface area (Å²) in [5.74, 6) is 0.678. The van der Waals surface area contributed by atoms with E-state index < -0.39 is 0 Å². The van der Waals surface area contributed by atoms with Gasteiger partial charge in [0, 0.05) is 27.6 Å². The molecule has 0 radical (unpaired) electrons. The zero-order chi connectivity index (χ0) is 11.4. The molecule has 0 aromatic rings. The number of rotatable bonds is 4. The van der Waals surface area contributed by atoms with Crippen molar-refractivity contribution in [1.82, 2.24) is 15.3 Å². The number of piperazine rings is 1. The minimum absolute atomic E-state index is 0. The average molecular weight is 229 g/mol. The highest BCUT2D eigenvalue weighted by molar-refractivity contribution is 5.73. The first-order chi connectivity index (χ1) is 7.79. The maximum absolute atomic E-state index is 11.7. The van der Waals surface area contributed by atoms with E-state index in [1.807, 2.05) is 4.90 Å². The lowest BCUT2D eigenvalue weighted by atomic mass is 10.3. The van der Waals surface area contributed by atoms with Gasteiger partial charge in [0.1, 0.15) is 0 Å². The Hall–Kier alpha value is -0.810. The fourth-order valence-electron chi connectivity index (χ4n) is 1.84. The number of hydrogen-bond acceptors (Lipinski definition) is 3. The van der Waals surface area contributed by atoms with Crippen molar-refractivity contribution in [2.45, 2.75) is 19.8 Å². The van der Waals surface area contributed by atoms with Crippen molar-refractivity contribution in [1.29, 1.82) is 0 Å². The molecule has 0 unspecified atom stereocenters. The van der Waals surface area contributed by atoms with Crippen LogP contribution in [0.3, 0.4) is 0 Å². The second kappa shape index (κ2) is 5.50. The molecule has 1 aliphatic carbocycles. The summed E-state index contributed by atoms with van der Waals surface area (Å²) in [6.45, 7) is 7.40. The summed E-state index contributed by atoms with van der Waals surface area (Å²) in [6, 6.07) is -0.0867. The van der Waals surface area contributed by atoms with Crippen molar-refractivity contribution in [3.8, 4) is 0 Å². The van der Waals surface area contributed by atoms with Crippen LogP contribution in [0.4, 0.5) is 4.79 Å². The van der Waals surface area contributed by atoms with Crippen molar-refractivity contribution in [3.63, 3.8) is 0 Å². The highest BCUT2D eigenvalue weighted by Crippen LogP contribution is 2.28. The highest BCUT2D eigenvalue weighted by Gasteiger charge is 2.23. The third-order valence-corrected chi connectivity index (χ3v) is 3.28. The number of nitrogens with one attached hydrogen (secondary N) is 1. The van der Waals surface area contributed by atoms with Crippen molar-refractivity contribution in [2.75, 3.05) is 39.3 Å². The van der Waals surface area contributed by atoms with Gasteiger partial charge in [-0.15, -0.1) is 0 Å². The number of carbonyl (C=O) groups excluding carboxylic acids is 1. The number of hydrogen-bond donors (Lipinski definition) is 1. The van der Waals surface area contributed by atoms with Gasteiger partial charge in [-0.2, -0.15) is 0 Å². The Morgan fingerprint density at radius 3 is 2.62 bits per heavy atom. The van der Waals surface area contributed by atoms with Gasteiger partial charge in [0.05, 0.1) is 6.61 Å². The molecule has 2 rings (SSSR count). The Balaban J connectivity index is 0.00000144. The van der Waals surface area contributed by atoms with Gasteiger partial charge in [-0.3, -0.25) is 4.84 Å². The van der Waals surface area contributed by atoms with E-state index in [1.165, 1.54) is 12.8 Å². The van der Waals surface area contributed by atoms with Crippen LogP contribution in [0, 0.1) is 5.92 Å². The number of hydroxylamine groups is 1. The summed E-state index contributed by atoms with van der Waals surface area (Å²) in [4.78, 5) is 21.0. The third-order valence-electron chi connectivity index (χ3n) is 3.28. The van der Waals surface area contributed by atoms with E-state index in [0.717, 1.165) is 32.7 Å². The number of likely N-dealkylation sites (N-methyl/N-ethyl adjacent to an activating group) is 1. The Morgan fingerprint density at radius 1 is 1.38 bits per heavy atom. The van der Waals surface area contributed by atoms with Crippen LogP contribution in [-0.4, -0.2) is 55.2 Å². The third kappa shape index (κ3) is 3.35. The van der Waals surface area contributed by atoms with E-state index in [-0.39, 0.29) is 7.46 Å². The Labute approximate surface area is 98.2 Å². The van der Waals surface area contributed by atoms with Gasteiger partial charge in [0.2, 0.25) is 0 Å². The lowest BCUT2D eigenvalue weighted by Crippen LogP contribution is -2.51. The minimum Gasteiger partial charge on any atom is -0.320 e. The number of urea groups is 1. The predicted octanol–water partition coefficient (Wildman–Crippen LogP) is 0.921. The van der Waals surface area contributed by atoms with Crippen molar-refractivity contribution >= 4 is 6.03 Å². The molecule has 1 saturated carbocycles. The standard InChI is InChI=1S/C11H21N3O2.H2/c1-2-13-5-7-14(8-6-13)11(15)12-16-9-10-3-4-10;/h10H,2-9H2,1H3,(H,12,15);1H. The first-order valence-electron chi connectivity index (χ1n) is 6.18. The molecule has 0 aromatic carbocycles. The molecule has 94 valence electrons. The van der Waals surface area contributed by atoms with Gasteiger partial charge >= 0.3 is 6.03 Å². The van der Waals surface area contributed by atoms with Crippen LogP contribution in [0.15, 0.2) is 0 Å². The maximum atomic E-state index is 11.7. The molecule has 1 saturated heterocycles. The van der Waals surface area contributed by atoms with Crippen molar-refractivity contribution < 1.29 is 11.1 Å². The SMILES string of the molecule is CCN1CCN(C(=O)NOCC2CC2)CC1.[HH]. The molecule has 5 heteroatoms. The topological polar surface area (TPSA) is 44.8 Å². The van der Waals surface area contributed by atoms with Gasteiger partial charge in [-0.05, 0) is 25.3 Å². The highest BCUT2D eigenvalue weighted by atomic mass is 16.7. The summed E-state index contributed by atoms with van der Waals surface area (Å²) in [5, 5.41) is 0. The number of carbonyl (C=O) groups is 1. The summed E-state index contributed by atoms with van der Waals surface area (Å²) in [6.07, 6.45) is 2.48. The van der Waals surface area contributed by atoms with E-state index in [2.05, 4.69) is 17.3 Å². The molecule has 16 heavy (non-hydrogen) atoms. The van der Waals surface area contributed by atoms with E-state index in [0.29, 0.717) is 12.5 Å². The summed E-state index contributed by atoms with van der Waals surface area (Å²) in [5.41, 5.74) is 2.53. The van der Waals surface area contributed by atoms with Gasteiger partial charge in [-0.25, -0.2) is 10.3 Å². The number of nitrogens with zero attached hydrogens (tertiary/aromatic N) is 2. The molecule has 0 atom stereocenters. The Morgan fingerprint density at radius 2 is 2.06 bits per heavy atom. The lowest BCUT2D eigenvalue weighted by molar-refractivity contribution is 0.0350. The average Bonchev–Trinajstić information content (AvgIpc) is 3.13. The summed E-state index contributed by atoms with van der Waals surface area (Å²) in [7, 11) is 0. The largest absolute Gasteiger partial charge is 0.341 e. The molecule has 0 spiro atoms. The maximum Gasteiger partial charge on any atom is 0.341 e. The predicted molar refractivity (Wildman–Crippen MR) is 63.0 cm³/mol. The fourth-order valence-corrected chi connectivity index (χ4v) is 1.84. The van der Waals surface area contributed by atoms with Crippen LogP contribution in [0.2, 0.25) is 0 Å². The number of amides is 2. The molecular weight excluding hydrogens is 206 g/mol. The first-order valence-corrected chi connectivity index (χ1v) is 6.18. The van der Waals surface area contributed by atoms with Gasteiger partial charge in [0.15, 0.2) is 0 Å². The quantitative estimate of drug-likeness (QED) is 0.729. The lowest BCUT2D eigenvalue weighted by Gasteiger charge is -2.33. The first kappa shape index (κ1) is 11.7. The fraction of sp³-hybridized carbons (Fsp3) is 0.909. The summed E-state index contributed by atoms with van der Waals surface area (Å²) < 4.78 is 0. The molecule has 1 N–H and O–H groups in total. The molecule has 2 amide bonds. The molecule has 0 bridgehead atoms. The molecule has 0 aromatic heterocycles. The van der Waals surface area contributed by atoms with Crippen LogP contribution >= 0.6 is 0 Å². The monoisotopic (exact) mass is 229 g/mol. The van der Waals surface area contributed by atoms with Gasteiger partial charge in [-0.1, -0.05) is 6.92 Å². The van der Waals surface area contributed by atoms with Crippen LogP contribution < -0.4 is 5.48 Å². The smallest absolute Gasteiger partial charge is 0.320 e. The Bertz CT molecular complexity index is 241. The van der Waals surface area contributed by atoms with E-state index in [1.54, 1.807) is 0 Å². The van der Waals surface area contributed by atoms with Crippen molar-refractivity contribution in [3.05, 3.63) is 0 Å². The molecular formula is C11H23N3O2. The minimum atomic E-state index is -0.0867. The van der Waals surface area contributed by atoms with E-state index in [4.69, 9.17) is 4.84 Å². The zero-order valence-corrected chi connectivity index (χ0v) is 9.95. The van der Waals surface area contributed by atoms with Crippen LogP contribution in [0.5, 0.6) is 0 Å². The molecule has 1 heterocycles. The van der Waals surface area contributed by atoms with Crippen LogP contribution in [0.1, 0.15) is 21.2 Å². The Kier molecular flexibility index (Phi) is 4.01. The second-order valence-electron chi connectivity index (χ2n) is 4.58. The van der Waals surface area contributed by atoms with Crippen LogP contribution in [-0.2, 0) is 4.84 Å². The summed E-state index contributed by atoms with van der Waals surface area (Å²) >= 11 is 0. The van der Waals surface area contributed by atoms with E-state index in [9.17, 15) is 4.79 Å². The van der Waals surface area contributed by atoms with E-state index >= 15 is 0 Å². The molecule has 2 fully saturated rings. The molecule has 2 aliphatic rings. The second-order valence-corrected chi connectivity index (χ2v) is 4.58. The molecule has 1 aliphatic heterocycles. The normalized spacial score (nSPS) is 22.2. The molecule has 5 nitrogen and oxygen atoms in total.